The molecular weight excluding hydrogens is 514 g/mol. The smallest absolute Gasteiger partial charge is 0.300 e. The second kappa shape index (κ2) is 8.96. The Kier molecular flexibility index (Phi) is 6.23. The Balaban J connectivity index is 1.97. The molecule has 170 valence electrons. The molecule has 1 aromatic heterocycles. The fourth-order valence-electron chi connectivity index (χ4n) is 3.76. The highest BCUT2D eigenvalue weighted by Crippen LogP contribution is 2.45. The van der Waals surface area contributed by atoms with Crippen molar-refractivity contribution in [2.75, 3.05) is 19.1 Å². The summed E-state index contributed by atoms with van der Waals surface area (Å²) in [5, 5.41) is 11.5. The Bertz CT molecular complexity index is 1280. The van der Waals surface area contributed by atoms with Gasteiger partial charge in [-0.1, -0.05) is 27.5 Å². The predicted octanol–water partition coefficient (Wildman–Crippen LogP) is 5.65. The lowest BCUT2D eigenvalue weighted by Gasteiger charge is -2.23. The topological polar surface area (TPSA) is 89.2 Å². The van der Waals surface area contributed by atoms with Crippen molar-refractivity contribution in [2.45, 2.75) is 13.0 Å². The van der Waals surface area contributed by atoms with Crippen molar-refractivity contribution in [1.82, 2.24) is 0 Å². The van der Waals surface area contributed by atoms with Crippen LogP contribution in [-0.2, 0) is 9.59 Å². The summed E-state index contributed by atoms with van der Waals surface area (Å²) >= 11 is 9.64. The van der Waals surface area contributed by atoms with Gasteiger partial charge < -0.3 is 19.0 Å². The largest absolute Gasteiger partial charge is 0.507 e. The van der Waals surface area contributed by atoms with Crippen LogP contribution >= 0.6 is 27.5 Å². The van der Waals surface area contributed by atoms with Gasteiger partial charge in [0, 0.05) is 16.2 Å². The first kappa shape index (κ1) is 22.9. The number of benzene rings is 2. The highest BCUT2D eigenvalue weighted by atomic mass is 79.9. The fourth-order valence-corrected chi connectivity index (χ4v) is 4.27. The van der Waals surface area contributed by atoms with Crippen molar-refractivity contribution in [3.05, 3.63) is 80.7 Å². The molecule has 0 radical (unpaired) electrons. The second-order valence-electron chi connectivity index (χ2n) is 7.28. The first-order valence-electron chi connectivity index (χ1n) is 9.81. The predicted molar refractivity (Wildman–Crippen MR) is 127 cm³/mol. The van der Waals surface area contributed by atoms with E-state index in [0.29, 0.717) is 23.0 Å². The van der Waals surface area contributed by atoms with Crippen LogP contribution in [-0.4, -0.2) is 31.0 Å². The van der Waals surface area contributed by atoms with E-state index in [1.165, 1.54) is 31.3 Å². The molecule has 0 spiro atoms. The third-order valence-corrected chi connectivity index (χ3v) is 6.13. The summed E-state index contributed by atoms with van der Waals surface area (Å²) in [6.45, 7) is 1.75. The highest BCUT2D eigenvalue weighted by molar-refractivity contribution is 9.10. The number of halogens is 2. The maximum absolute atomic E-state index is 13.2. The van der Waals surface area contributed by atoms with Crippen molar-refractivity contribution in [1.29, 1.82) is 0 Å². The molecule has 1 saturated heterocycles. The number of carbonyl (C=O) groups is 2. The van der Waals surface area contributed by atoms with E-state index in [9.17, 15) is 14.7 Å². The Morgan fingerprint density at radius 3 is 2.30 bits per heavy atom. The number of furan rings is 1. The average molecular weight is 533 g/mol. The monoisotopic (exact) mass is 531 g/mol. The number of nitrogens with zero attached hydrogens (tertiary/aromatic N) is 1. The number of aryl methyl sites for hydroxylation is 1. The van der Waals surface area contributed by atoms with E-state index >= 15 is 0 Å². The number of aliphatic hydroxyl groups excluding tert-OH is 1. The van der Waals surface area contributed by atoms with Crippen LogP contribution in [0.4, 0.5) is 5.69 Å². The minimum Gasteiger partial charge on any atom is -0.507 e. The molecule has 1 amide bonds. The van der Waals surface area contributed by atoms with Gasteiger partial charge in [0.25, 0.3) is 11.7 Å². The minimum absolute atomic E-state index is 0.142. The number of ether oxygens (including phenoxy) is 2. The molecule has 0 bridgehead atoms. The number of hydrogen-bond donors (Lipinski definition) is 1. The summed E-state index contributed by atoms with van der Waals surface area (Å²) in [6.07, 6.45) is 0. The number of rotatable bonds is 5. The molecule has 2 heterocycles. The summed E-state index contributed by atoms with van der Waals surface area (Å²) in [7, 11) is 2.86. The number of hydrogen-bond acceptors (Lipinski definition) is 6. The zero-order chi connectivity index (χ0) is 23.9. The lowest BCUT2D eigenvalue weighted by molar-refractivity contribution is -0.132. The number of amides is 1. The number of methoxy groups -OCH3 is 2. The van der Waals surface area contributed by atoms with Gasteiger partial charge in [0.2, 0.25) is 0 Å². The maximum atomic E-state index is 13.2. The second-order valence-corrected chi connectivity index (χ2v) is 8.60. The van der Waals surface area contributed by atoms with E-state index in [1.807, 2.05) is 0 Å². The quantitative estimate of drug-likeness (QED) is 0.260. The molecule has 1 fully saturated rings. The van der Waals surface area contributed by atoms with E-state index in [0.717, 1.165) is 4.47 Å². The Hall–Kier alpha value is -3.23. The molecule has 1 atom stereocenters. The van der Waals surface area contributed by atoms with Crippen LogP contribution in [0, 0.1) is 6.92 Å². The first-order chi connectivity index (χ1) is 15.8. The molecule has 7 nitrogen and oxygen atoms in total. The highest BCUT2D eigenvalue weighted by Gasteiger charge is 2.48. The molecule has 0 saturated carbocycles. The van der Waals surface area contributed by atoms with Gasteiger partial charge in [-0.15, -0.1) is 0 Å². The Labute approximate surface area is 203 Å². The molecule has 33 heavy (non-hydrogen) atoms. The average Bonchev–Trinajstić information content (AvgIpc) is 3.34. The number of ketones is 1. The summed E-state index contributed by atoms with van der Waals surface area (Å²) in [6, 6.07) is 12.2. The van der Waals surface area contributed by atoms with Gasteiger partial charge in [-0.3, -0.25) is 14.5 Å². The number of Topliss-reactive ketones (excluding diaryl/α,β-unsaturated/α-hetero) is 1. The molecule has 1 aliphatic heterocycles. The van der Waals surface area contributed by atoms with E-state index in [1.54, 1.807) is 43.3 Å². The van der Waals surface area contributed by atoms with Crippen molar-refractivity contribution in [2.24, 2.45) is 0 Å². The molecule has 1 N–H and O–H groups in total. The Morgan fingerprint density at radius 1 is 1.06 bits per heavy atom. The molecular formula is C24H19BrClNO6. The van der Waals surface area contributed by atoms with E-state index in [-0.39, 0.29) is 21.9 Å². The molecule has 3 aromatic rings. The van der Waals surface area contributed by atoms with E-state index in [2.05, 4.69) is 15.9 Å². The number of carbonyl (C=O) groups excluding carboxylic acids is 2. The van der Waals surface area contributed by atoms with Crippen LogP contribution in [0.15, 0.2) is 63.0 Å². The van der Waals surface area contributed by atoms with Gasteiger partial charge in [-0.2, -0.15) is 0 Å². The maximum Gasteiger partial charge on any atom is 0.300 e. The standard InChI is InChI=1S/C24H19BrClNO6/c1-12-4-9-17(33-12)21-20(22(28)15-10-16(26)19(32-3)11-18(15)31-2)23(29)24(30)27(21)14-7-5-13(25)6-8-14/h4-11,21,28H,1-3H3/b22-20+. The summed E-state index contributed by atoms with van der Waals surface area (Å²) < 4.78 is 17.2. The van der Waals surface area contributed by atoms with Crippen LogP contribution < -0.4 is 14.4 Å². The van der Waals surface area contributed by atoms with Gasteiger partial charge in [-0.25, -0.2) is 0 Å². The third-order valence-electron chi connectivity index (χ3n) is 5.31. The van der Waals surface area contributed by atoms with Crippen molar-refractivity contribution in [3.63, 3.8) is 0 Å². The fraction of sp³-hybridized carbons (Fsp3) is 0.167. The molecule has 1 unspecified atom stereocenters. The minimum atomic E-state index is -0.995. The zero-order valence-corrected chi connectivity index (χ0v) is 20.2. The normalized spacial score (nSPS) is 17.5. The lowest BCUT2D eigenvalue weighted by atomic mass is 9.98. The van der Waals surface area contributed by atoms with Crippen molar-refractivity contribution < 1.29 is 28.6 Å². The molecule has 9 heteroatoms. The van der Waals surface area contributed by atoms with Gasteiger partial charge in [-0.05, 0) is 49.4 Å². The molecule has 1 aliphatic rings. The molecule has 4 rings (SSSR count). The van der Waals surface area contributed by atoms with Crippen molar-refractivity contribution in [3.8, 4) is 11.5 Å². The van der Waals surface area contributed by atoms with Crippen LogP contribution in [0.2, 0.25) is 5.02 Å². The lowest BCUT2D eigenvalue weighted by Crippen LogP contribution is -2.29. The molecule has 0 aliphatic carbocycles. The van der Waals surface area contributed by atoms with Crippen LogP contribution in [0.1, 0.15) is 23.1 Å². The number of anilines is 1. The summed E-state index contributed by atoms with van der Waals surface area (Å²) in [5.74, 6) is -0.615. The number of aliphatic hydroxyl groups is 1. The van der Waals surface area contributed by atoms with Gasteiger partial charge in [0.15, 0.2) is 0 Å². The van der Waals surface area contributed by atoms with Crippen LogP contribution in [0.3, 0.4) is 0 Å². The van der Waals surface area contributed by atoms with E-state index < -0.39 is 23.5 Å². The van der Waals surface area contributed by atoms with Gasteiger partial charge >= 0.3 is 0 Å². The van der Waals surface area contributed by atoms with Gasteiger partial charge in [0.05, 0.1) is 30.4 Å². The third kappa shape index (κ3) is 4.00. The summed E-state index contributed by atoms with van der Waals surface area (Å²) in [5.41, 5.74) is 0.473. The summed E-state index contributed by atoms with van der Waals surface area (Å²) in [4.78, 5) is 27.7. The van der Waals surface area contributed by atoms with Gasteiger partial charge in [0.1, 0.15) is 34.8 Å². The van der Waals surface area contributed by atoms with Crippen molar-refractivity contribution >= 4 is 50.7 Å². The zero-order valence-electron chi connectivity index (χ0n) is 17.9. The Morgan fingerprint density at radius 2 is 1.73 bits per heavy atom. The van der Waals surface area contributed by atoms with Crippen LogP contribution in [0.5, 0.6) is 11.5 Å². The van der Waals surface area contributed by atoms with Crippen LogP contribution in [0.25, 0.3) is 5.76 Å². The first-order valence-corrected chi connectivity index (χ1v) is 11.0. The SMILES string of the molecule is COc1cc(OC)c(/C(O)=C2\C(=O)C(=O)N(c3ccc(Br)cc3)C2c2ccc(C)o2)cc1Cl. The molecule has 2 aromatic carbocycles. The van der Waals surface area contributed by atoms with E-state index in [4.69, 9.17) is 25.5 Å².